The highest BCUT2D eigenvalue weighted by molar-refractivity contribution is 5.98. The number of hydrogen-bond acceptors (Lipinski definition) is 2. The molecule has 0 fully saturated rings. The number of benzene rings is 3. The van der Waals surface area contributed by atoms with E-state index >= 15 is 0 Å². The zero-order valence-corrected chi connectivity index (χ0v) is 27.8. The Morgan fingerprint density at radius 1 is 0.558 bits per heavy atom. The van der Waals surface area contributed by atoms with Crippen LogP contribution in [-0.4, -0.2) is 9.97 Å². The van der Waals surface area contributed by atoms with Gasteiger partial charge >= 0.3 is 0 Å². The number of fused-ring (bicyclic) bond motifs is 1. The lowest BCUT2D eigenvalue weighted by atomic mass is 9.82. The van der Waals surface area contributed by atoms with E-state index in [2.05, 4.69) is 154 Å². The number of allylic oxidation sites excluding steroid dienone is 8. The lowest BCUT2D eigenvalue weighted by molar-refractivity contribution is 0.429. The van der Waals surface area contributed by atoms with Crippen molar-refractivity contribution in [1.29, 1.82) is 0 Å². The molecule has 0 saturated heterocycles. The highest BCUT2D eigenvalue weighted by Gasteiger charge is 2.20. The predicted octanol–water partition coefficient (Wildman–Crippen LogP) is 12.1. The van der Waals surface area contributed by atoms with Crippen LogP contribution in [0, 0.1) is 10.8 Å². The highest BCUT2D eigenvalue weighted by atomic mass is 14.8. The van der Waals surface area contributed by atoms with Crippen molar-refractivity contribution in [2.45, 2.75) is 75.7 Å². The standard InChI is InChI=1S/C41H48N2/c1-11-41(9,10)31(5)25-23-29(3)35-27-26-34(28(2)22-24-30(4)40(6,7)8)38-39(35)43-37(33-20-16-13-17-21-33)36(42-38)32-18-14-12-15-19-32/h12-27H,11H2,1-10H3. The molecule has 0 aliphatic carbocycles. The molecule has 0 N–H and O–H groups in total. The molecule has 3 aromatic carbocycles. The first-order valence-corrected chi connectivity index (χ1v) is 15.5. The average Bonchev–Trinajstić information content (AvgIpc) is 3.01. The molecule has 0 radical (unpaired) electrons. The molecule has 43 heavy (non-hydrogen) atoms. The summed E-state index contributed by atoms with van der Waals surface area (Å²) in [4.78, 5) is 10.9. The van der Waals surface area contributed by atoms with Crippen LogP contribution < -0.4 is 0 Å². The molecule has 0 spiro atoms. The lowest BCUT2D eigenvalue weighted by Gasteiger charge is -2.23. The van der Waals surface area contributed by atoms with Crippen LogP contribution in [0.1, 0.15) is 86.8 Å². The van der Waals surface area contributed by atoms with E-state index in [0.717, 1.165) is 51.1 Å². The van der Waals surface area contributed by atoms with Gasteiger partial charge in [0.15, 0.2) is 0 Å². The summed E-state index contributed by atoms with van der Waals surface area (Å²) in [5, 5.41) is 0. The van der Waals surface area contributed by atoms with Crippen molar-refractivity contribution in [3.8, 4) is 22.5 Å². The Labute approximate surface area is 260 Å². The van der Waals surface area contributed by atoms with Crippen molar-refractivity contribution in [3.05, 3.63) is 119 Å². The Morgan fingerprint density at radius 2 is 0.953 bits per heavy atom. The molecule has 0 bridgehead atoms. The maximum Gasteiger partial charge on any atom is 0.0976 e. The van der Waals surface area contributed by atoms with Crippen molar-refractivity contribution in [1.82, 2.24) is 9.97 Å². The Kier molecular flexibility index (Phi) is 9.70. The minimum atomic E-state index is 0.119. The van der Waals surface area contributed by atoms with Gasteiger partial charge < -0.3 is 0 Å². The number of hydrogen-bond donors (Lipinski definition) is 0. The van der Waals surface area contributed by atoms with Crippen LogP contribution in [-0.2, 0) is 0 Å². The van der Waals surface area contributed by atoms with Gasteiger partial charge in [-0.25, -0.2) is 9.97 Å². The van der Waals surface area contributed by atoms with Crippen LogP contribution >= 0.6 is 0 Å². The van der Waals surface area contributed by atoms with E-state index in [0.29, 0.717) is 0 Å². The molecule has 1 heterocycles. The van der Waals surface area contributed by atoms with Crippen molar-refractivity contribution in [2.24, 2.45) is 10.8 Å². The monoisotopic (exact) mass is 568 g/mol. The van der Waals surface area contributed by atoms with Gasteiger partial charge in [-0.1, -0.05) is 150 Å². The fraction of sp³-hybridized carbons (Fsp3) is 0.317. The van der Waals surface area contributed by atoms with Crippen LogP contribution in [0.3, 0.4) is 0 Å². The SMILES string of the molecule is CCC(C)(C)C(C)=CC=C(C)c1ccc(C(C)=CC=C(C)C(C)(C)C)c2nc(-c3ccccc3)c(-c3ccccc3)nc12. The summed E-state index contributed by atoms with van der Waals surface area (Å²) in [6, 6.07) is 25.3. The second-order valence-electron chi connectivity index (χ2n) is 13.4. The van der Waals surface area contributed by atoms with Crippen LogP contribution in [0.4, 0.5) is 0 Å². The Balaban J connectivity index is 2.05. The third kappa shape index (κ3) is 7.31. The summed E-state index contributed by atoms with van der Waals surface area (Å²) in [6.07, 6.45) is 10.1. The Bertz CT molecular complexity index is 1710. The predicted molar refractivity (Wildman–Crippen MR) is 189 cm³/mol. The number of aromatic nitrogens is 2. The van der Waals surface area contributed by atoms with Crippen molar-refractivity contribution in [2.75, 3.05) is 0 Å². The van der Waals surface area contributed by atoms with Gasteiger partial charge in [0.2, 0.25) is 0 Å². The van der Waals surface area contributed by atoms with E-state index < -0.39 is 0 Å². The molecule has 0 aliphatic heterocycles. The third-order valence-corrected chi connectivity index (χ3v) is 9.07. The van der Waals surface area contributed by atoms with Gasteiger partial charge in [-0.15, -0.1) is 0 Å². The molecule has 1 aromatic heterocycles. The third-order valence-electron chi connectivity index (χ3n) is 9.07. The molecule has 2 nitrogen and oxygen atoms in total. The summed E-state index contributed by atoms with van der Waals surface area (Å²) in [6.45, 7) is 22.4. The first kappa shape index (κ1) is 31.9. The zero-order valence-electron chi connectivity index (χ0n) is 27.8. The molecule has 0 atom stereocenters. The average molecular weight is 569 g/mol. The fourth-order valence-corrected chi connectivity index (χ4v) is 4.80. The lowest BCUT2D eigenvalue weighted by Crippen LogP contribution is -2.10. The molecule has 4 rings (SSSR count). The van der Waals surface area contributed by atoms with Crippen LogP contribution in [0.5, 0.6) is 0 Å². The van der Waals surface area contributed by atoms with Crippen molar-refractivity contribution < 1.29 is 0 Å². The van der Waals surface area contributed by atoms with Gasteiger partial charge in [0.1, 0.15) is 0 Å². The van der Waals surface area contributed by atoms with E-state index in [4.69, 9.17) is 9.97 Å². The molecule has 0 amide bonds. The number of rotatable bonds is 8. The molecule has 0 unspecified atom stereocenters. The minimum absolute atomic E-state index is 0.119. The second-order valence-corrected chi connectivity index (χ2v) is 13.4. The molecule has 0 aliphatic rings. The van der Waals surface area contributed by atoms with Gasteiger partial charge in [-0.3, -0.25) is 0 Å². The summed E-state index contributed by atoms with van der Waals surface area (Å²) in [5.74, 6) is 0. The largest absolute Gasteiger partial charge is 0.243 e. The Hall–Kier alpha value is -4.04. The fourth-order valence-electron chi connectivity index (χ4n) is 4.80. The topological polar surface area (TPSA) is 25.8 Å². The molecule has 2 heteroatoms. The first-order valence-electron chi connectivity index (χ1n) is 15.5. The van der Waals surface area contributed by atoms with Gasteiger partial charge in [0.05, 0.1) is 22.4 Å². The molecule has 222 valence electrons. The van der Waals surface area contributed by atoms with Gasteiger partial charge in [0.25, 0.3) is 0 Å². The smallest absolute Gasteiger partial charge is 0.0976 e. The zero-order chi connectivity index (χ0) is 31.4. The summed E-state index contributed by atoms with van der Waals surface area (Å²) in [7, 11) is 0. The quantitative estimate of drug-likeness (QED) is 0.198. The Morgan fingerprint density at radius 3 is 1.33 bits per heavy atom. The first-order chi connectivity index (χ1) is 20.3. The maximum atomic E-state index is 5.45. The summed E-state index contributed by atoms with van der Waals surface area (Å²) < 4.78 is 0. The van der Waals surface area contributed by atoms with Crippen molar-refractivity contribution in [3.63, 3.8) is 0 Å². The van der Waals surface area contributed by atoms with E-state index in [1.807, 2.05) is 12.1 Å². The van der Waals surface area contributed by atoms with Crippen molar-refractivity contribution >= 4 is 22.2 Å². The normalized spacial score (nSPS) is 14.0. The van der Waals surface area contributed by atoms with E-state index in [1.54, 1.807) is 0 Å². The van der Waals surface area contributed by atoms with E-state index in [1.165, 1.54) is 22.3 Å². The van der Waals surface area contributed by atoms with Gasteiger partial charge in [0, 0.05) is 22.3 Å². The summed E-state index contributed by atoms with van der Waals surface area (Å²) >= 11 is 0. The van der Waals surface area contributed by atoms with Gasteiger partial charge in [-0.2, -0.15) is 0 Å². The molecular formula is C41H48N2. The van der Waals surface area contributed by atoms with Gasteiger partial charge in [-0.05, 0) is 56.1 Å². The van der Waals surface area contributed by atoms with Crippen LogP contribution in [0.2, 0.25) is 0 Å². The second kappa shape index (κ2) is 13.1. The van der Waals surface area contributed by atoms with Crippen LogP contribution in [0.25, 0.3) is 44.7 Å². The highest BCUT2D eigenvalue weighted by Crippen LogP contribution is 2.37. The molecule has 4 aromatic rings. The maximum absolute atomic E-state index is 5.45. The molecular weight excluding hydrogens is 520 g/mol. The van der Waals surface area contributed by atoms with E-state index in [-0.39, 0.29) is 10.8 Å². The number of nitrogens with zero attached hydrogens (tertiary/aromatic N) is 2. The minimum Gasteiger partial charge on any atom is -0.243 e. The van der Waals surface area contributed by atoms with E-state index in [9.17, 15) is 0 Å². The molecule has 0 saturated carbocycles. The van der Waals surface area contributed by atoms with Crippen LogP contribution in [0.15, 0.2) is 108 Å². The summed E-state index contributed by atoms with van der Waals surface area (Å²) in [5.41, 5.74) is 13.3.